The fourth-order valence-electron chi connectivity index (χ4n) is 2.11. The lowest BCUT2D eigenvalue weighted by Gasteiger charge is -2.22. The van der Waals surface area contributed by atoms with Crippen LogP contribution in [-0.2, 0) is 4.79 Å². The van der Waals surface area contributed by atoms with Gasteiger partial charge in [-0.05, 0) is 31.7 Å². The van der Waals surface area contributed by atoms with Crippen LogP contribution >= 0.6 is 0 Å². The smallest absolute Gasteiger partial charge is 0.311 e. The first-order valence-electron chi connectivity index (χ1n) is 6.65. The summed E-state index contributed by atoms with van der Waals surface area (Å²) in [6, 6.07) is 4.80. The van der Waals surface area contributed by atoms with E-state index in [0.29, 0.717) is 0 Å². The van der Waals surface area contributed by atoms with Crippen LogP contribution in [0.4, 0.5) is 10.1 Å². The Kier molecular flexibility index (Phi) is 4.26. The number of benzene rings is 1. The fourth-order valence-corrected chi connectivity index (χ4v) is 2.11. The van der Waals surface area contributed by atoms with Crippen LogP contribution in [0.3, 0.4) is 0 Å². The third-order valence-electron chi connectivity index (χ3n) is 3.50. The predicted molar refractivity (Wildman–Crippen MR) is 73.4 cm³/mol. The first-order chi connectivity index (χ1) is 10.4. The minimum atomic E-state index is -0.978. The van der Waals surface area contributed by atoms with E-state index in [0.717, 1.165) is 31.0 Å². The van der Waals surface area contributed by atoms with E-state index >= 15 is 0 Å². The highest BCUT2D eigenvalue weighted by atomic mass is 19.1. The van der Waals surface area contributed by atoms with E-state index in [1.807, 2.05) is 0 Å². The van der Waals surface area contributed by atoms with Crippen molar-refractivity contribution in [3.8, 4) is 11.8 Å². The van der Waals surface area contributed by atoms with Crippen molar-refractivity contribution < 1.29 is 18.8 Å². The molecule has 7 nitrogen and oxygen atoms in total. The van der Waals surface area contributed by atoms with Crippen LogP contribution in [0, 0.1) is 33.2 Å². The molecule has 0 aliphatic heterocycles. The number of amides is 1. The highest BCUT2D eigenvalue weighted by Gasteiger charge is 2.43. The van der Waals surface area contributed by atoms with Crippen molar-refractivity contribution >= 4 is 11.6 Å². The number of carbonyl (C=O) groups excluding carboxylic acids is 1. The van der Waals surface area contributed by atoms with Gasteiger partial charge in [-0.25, -0.2) is 4.39 Å². The van der Waals surface area contributed by atoms with Crippen LogP contribution in [0.5, 0.6) is 5.75 Å². The van der Waals surface area contributed by atoms with Gasteiger partial charge in [-0.15, -0.1) is 0 Å². The Morgan fingerprint density at radius 3 is 2.86 bits per heavy atom. The second-order valence-corrected chi connectivity index (χ2v) is 5.29. The Morgan fingerprint density at radius 1 is 1.64 bits per heavy atom. The predicted octanol–water partition coefficient (Wildman–Crippen LogP) is 1.92. The summed E-state index contributed by atoms with van der Waals surface area (Å²) in [5.74, 6) is -1.52. The zero-order chi connectivity index (χ0) is 16.3. The Bertz CT molecular complexity index is 654. The molecule has 1 aliphatic rings. The molecule has 1 fully saturated rings. The van der Waals surface area contributed by atoms with Gasteiger partial charge in [0.25, 0.3) is 5.91 Å². The number of nitro groups is 1. The molecule has 1 saturated carbocycles. The molecule has 22 heavy (non-hydrogen) atoms. The molecule has 1 amide bonds. The summed E-state index contributed by atoms with van der Waals surface area (Å²) in [4.78, 5) is 21.9. The van der Waals surface area contributed by atoms with Crippen LogP contribution < -0.4 is 10.1 Å². The van der Waals surface area contributed by atoms with Crippen molar-refractivity contribution in [1.82, 2.24) is 5.32 Å². The lowest BCUT2D eigenvalue weighted by atomic mass is 9.98. The van der Waals surface area contributed by atoms with Crippen molar-refractivity contribution in [1.29, 1.82) is 5.26 Å². The van der Waals surface area contributed by atoms with E-state index in [1.54, 1.807) is 6.92 Å². The van der Waals surface area contributed by atoms with Gasteiger partial charge in [-0.3, -0.25) is 14.9 Å². The summed E-state index contributed by atoms with van der Waals surface area (Å²) in [5.41, 5.74) is -1.41. The third-order valence-corrected chi connectivity index (χ3v) is 3.50. The number of nitriles is 1. The molecule has 1 aromatic carbocycles. The maximum atomic E-state index is 13.1. The molecule has 0 unspecified atom stereocenters. The highest BCUT2D eigenvalue weighted by molar-refractivity contribution is 5.79. The summed E-state index contributed by atoms with van der Waals surface area (Å²) in [7, 11) is 0. The zero-order valence-corrected chi connectivity index (χ0v) is 11.8. The van der Waals surface area contributed by atoms with E-state index in [2.05, 4.69) is 11.4 Å². The largest absolute Gasteiger partial charge is 0.477 e. The normalized spacial score (nSPS) is 16.2. The third kappa shape index (κ3) is 3.49. The second-order valence-electron chi connectivity index (χ2n) is 5.29. The molecule has 2 rings (SSSR count). The number of halogens is 1. The fraction of sp³-hybridized carbons (Fsp3) is 0.429. The van der Waals surface area contributed by atoms with Crippen LogP contribution in [0.2, 0.25) is 0 Å². The summed E-state index contributed by atoms with van der Waals surface area (Å²) in [6.07, 6.45) is 1.72. The molecule has 0 heterocycles. The van der Waals surface area contributed by atoms with Crippen molar-refractivity contribution in [3.63, 3.8) is 0 Å². The summed E-state index contributed by atoms with van der Waals surface area (Å²) >= 11 is 0. The Balaban J connectivity index is 2.01. The summed E-state index contributed by atoms with van der Waals surface area (Å²) in [5, 5.41) is 22.5. The van der Waals surface area contributed by atoms with Gasteiger partial charge >= 0.3 is 5.69 Å². The number of carbonyl (C=O) groups is 1. The topological polar surface area (TPSA) is 105 Å². The molecule has 0 aromatic heterocycles. The van der Waals surface area contributed by atoms with Crippen LogP contribution in [0.15, 0.2) is 18.2 Å². The standard InChI is InChI=1S/C14H14FN3O4/c1-14(8-16,9-2-3-9)17-13(19)7-22-12-6-10(15)4-5-11(12)18(20)21/h4-6,9H,2-3,7H2,1H3,(H,17,19)/t14-/m1/s1. The molecule has 0 bridgehead atoms. The Labute approximate surface area is 125 Å². The van der Waals surface area contributed by atoms with Crippen LogP contribution in [0.25, 0.3) is 0 Å². The van der Waals surface area contributed by atoms with E-state index in [4.69, 9.17) is 10.00 Å². The van der Waals surface area contributed by atoms with E-state index in [-0.39, 0.29) is 11.7 Å². The van der Waals surface area contributed by atoms with Crippen molar-refractivity contribution in [2.45, 2.75) is 25.3 Å². The average Bonchev–Trinajstić information content (AvgIpc) is 3.29. The molecule has 1 aromatic rings. The van der Waals surface area contributed by atoms with Crippen LogP contribution in [0.1, 0.15) is 19.8 Å². The molecule has 1 N–H and O–H groups in total. The van der Waals surface area contributed by atoms with Gasteiger partial charge in [-0.1, -0.05) is 0 Å². The highest BCUT2D eigenvalue weighted by Crippen LogP contribution is 2.39. The molecule has 8 heteroatoms. The number of rotatable bonds is 6. The molecule has 0 radical (unpaired) electrons. The Morgan fingerprint density at radius 2 is 2.32 bits per heavy atom. The molecule has 1 atom stereocenters. The van der Waals surface area contributed by atoms with Gasteiger partial charge in [0.2, 0.25) is 5.75 Å². The first kappa shape index (κ1) is 15.7. The van der Waals surface area contributed by atoms with Gasteiger partial charge in [0.15, 0.2) is 6.61 Å². The van der Waals surface area contributed by atoms with E-state index in [9.17, 15) is 19.3 Å². The first-order valence-corrected chi connectivity index (χ1v) is 6.65. The maximum absolute atomic E-state index is 13.1. The van der Waals surface area contributed by atoms with Crippen LogP contribution in [-0.4, -0.2) is 23.0 Å². The number of hydrogen-bond donors (Lipinski definition) is 1. The van der Waals surface area contributed by atoms with Gasteiger partial charge in [0, 0.05) is 12.1 Å². The minimum Gasteiger partial charge on any atom is -0.477 e. The van der Waals surface area contributed by atoms with E-state index in [1.165, 1.54) is 0 Å². The SMILES string of the molecule is C[C@](C#N)(NC(=O)COc1cc(F)ccc1[N+](=O)[O-])C1CC1. The lowest BCUT2D eigenvalue weighted by Crippen LogP contribution is -2.48. The molecule has 116 valence electrons. The van der Waals surface area contributed by atoms with Gasteiger partial charge in [0.1, 0.15) is 11.4 Å². The number of nitrogens with zero attached hydrogens (tertiary/aromatic N) is 2. The number of nitro benzene ring substituents is 1. The number of ether oxygens (including phenoxy) is 1. The van der Waals surface area contributed by atoms with Crippen molar-refractivity contribution in [2.24, 2.45) is 5.92 Å². The molecule has 0 spiro atoms. The Hall–Kier alpha value is -2.69. The van der Waals surface area contributed by atoms with Gasteiger partial charge in [0.05, 0.1) is 11.0 Å². The van der Waals surface area contributed by atoms with Gasteiger partial charge in [-0.2, -0.15) is 5.26 Å². The monoisotopic (exact) mass is 307 g/mol. The molecule has 1 aliphatic carbocycles. The lowest BCUT2D eigenvalue weighted by molar-refractivity contribution is -0.385. The van der Waals surface area contributed by atoms with Gasteiger partial charge < -0.3 is 10.1 Å². The maximum Gasteiger partial charge on any atom is 0.311 e. The number of hydrogen-bond acceptors (Lipinski definition) is 5. The second kappa shape index (κ2) is 5.97. The van der Waals surface area contributed by atoms with Crippen molar-refractivity contribution in [3.05, 3.63) is 34.1 Å². The summed E-state index contributed by atoms with van der Waals surface area (Å²) in [6.45, 7) is 1.08. The summed E-state index contributed by atoms with van der Waals surface area (Å²) < 4.78 is 18.2. The van der Waals surface area contributed by atoms with Crippen molar-refractivity contribution in [2.75, 3.05) is 6.61 Å². The molecular formula is C14H14FN3O4. The molecule has 0 saturated heterocycles. The quantitative estimate of drug-likeness (QED) is 0.638. The molecular weight excluding hydrogens is 293 g/mol. The number of nitrogens with one attached hydrogen (secondary N) is 1. The minimum absolute atomic E-state index is 0.102. The zero-order valence-electron chi connectivity index (χ0n) is 11.8. The average molecular weight is 307 g/mol. The van der Waals surface area contributed by atoms with E-state index < -0.39 is 34.5 Å².